The molecule has 10 rings (SSSR count). The Kier molecular flexibility index (Phi) is 7.28. The van der Waals surface area contributed by atoms with E-state index in [1.54, 1.807) is 0 Å². The molecule has 3 heterocycles. The molecule has 0 aliphatic carbocycles. The minimum Gasteiger partial charge on any atom is -0.382 e. The summed E-state index contributed by atoms with van der Waals surface area (Å²) in [4.78, 5) is 7.75. The van der Waals surface area contributed by atoms with E-state index in [9.17, 15) is 0 Å². The maximum Gasteiger partial charge on any atom is 0.320 e. The molecule has 2 aliphatic rings. The Morgan fingerprint density at radius 1 is 0.423 bits per heavy atom. The fourth-order valence-electron chi connectivity index (χ4n) is 7.99. The van der Waals surface area contributed by atoms with Gasteiger partial charge in [0.05, 0.1) is 11.4 Å². The molecule has 0 radical (unpaired) electrons. The highest BCUT2D eigenvalue weighted by atomic mass is 15.1. The van der Waals surface area contributed by atoms with E-state index in [0.717, 1.165) is 28.1 Å². The zero-order chi connectivity index (χ0) is 34.4. The smallest absolute Gasteiger partial charge is 0.320 e. The Morgan fingerprint density at radius 2 is 1.08 bits per heavy atom. The first kappa shape index (κ1) is 30.1. The van der Waals surface area contributed by atoms with Crippen molar-refractivity contribution in [1.29, 1.82) is 0 Å². The summed E-state index contributed by atoms with van der Waals surface area (Å²) in [7, 11) is 0. The van der Waals surface area contributed by atoms with Crippen molar-refractivity contribution in [2.24, 2.45) is 0 Å². The van der Waals surface area contributed by atoms with Crippen LogP contribution in [0.3, 0.4) is 0 Å². The Bertz CT molecular complexity index is 2630. The highest BCUT2D eigenvalue weighted by Crippen LogP contribution is 2.42. The maximum atomic E-state index is 5.30. The van der Waals surface area contributed by atoms with Crippen molar-refractivity contribution in [3.05, 3.63) is 206 Å². The summed E-state index contributed by atoms with van der Waals surface area (Å²) in [6.45, 7) is 0.136. The molecule has 8 aromatic rings. The predicted molar refractivity (Wildman–Crippen MR) is 220 cm³/mol. The summed E-state index contributed by atoms with van der Waals surface area (Å²) in [5, 5.41) is 2.46. The molecule has 0 atom stereocenters. The lowest BCUT2D eigenvalue weighted by Crippen LogP contribution is -2.49. The molecule has 242 valence electrons. The summed E-state index contributed by atoms with van der Waals surface area (Å²) in [6.07, 6.45) is 4.67. The van der Waals surface area contributed by atoms with Gasteiger partial charge in [0, 0.05) is 22.4 Å². The number of nitrogens with zero attached hydrogens (tertiary/aromatic N) is 2. The summed E-state index contributed by atoms with van der Waals surface area (Å²) in [5.74, 6) is 2.36. The van der Waals surface area contributed by atoms with E-state index in [1.165, 1.54) is 60.9 Å². The van der Waals surface area contributed by atoms with Crippen LogP contribution >= 0.6 is 0 Å². The molecule has 7 aromatic carbocycles. The molecule has 0 fully saturated rings. The van der Waals surface area contributed by atoms with E-state index in [2.05, 4.69) is 205 Å². The molecule has 1 aromatic heterocycles. The highest BCUT2D eigenvalue weighted by molar-refractivity contribution is 6.84. The number of fused-ring (bicyclic) bond motifs is 7. The molecule has 0 unspecified atom stereocenters. The van der Waals surface area contributed by atoms with E-state index in [-0.39, 0.29) is 6.85 Å². The molecule has 2 nitrogen and oxygen atoms in total. The van der Waals surface area contributed by atoms with Crippen molar-refractivity contribution in [3.63, 3.8) is 0 Å². The lowest BCUT2D eigenvalue weighted by molar-refractivity contribution is 1.32. The summed E-state index contributed by atoms with van der Waals surface area (Å²) in [5.41, 5.74) is 16.3. The van der Waals surface area contributed by atoms with Gasteiger partial charge in [-0.1, -0.05) is 170 Å². The van der Waals surface area contributed by atoms with Gasteiger partial charge in [0.2, 0.25) is 0 Å². The molecular weight excluding hydrogens is 627 g/mol. The minimum absolute atomic E-state index is 0.136. The van der Waals surface area contributed by atoms with Gasteiger partial charge in [-0.15, -0.1) is 0 Å². The molecule has 0 saturated heterocycles. The van der Waals surface area contributed by atoms with Crippen LogP contribution in [-0.4, -0.2) is 11.8 Å². The second-order valence-corrected chi connectivity index (χ2v) is 13.5. The van der Waals surface area contributed by atoms with Crippen LogP contribution in [0.15, 0.2) is 200 Å². The second kappa shape index (κ2) is 12.6. The third-order valence-corrected chi connectivity index (χ3v) is 10.5. The van der Waals surface area contributed by atoms with E-state index in [4.69, 9.17) is 4.98 Å². The summed E-state index contributed by atoms with van der Waals surface area (Å²) < 4.78 is 0. The Morgan fingerprint density at radius 3 is 1.92 bits per heavy atom. The van der Waals surface area contributed by atoms with Gasteiger partial charge in [0.15, 0.2) is 0 Å². The lowest BCUT2D eigenvalue weighted by Gasteiger charge is -2.37. The van der Waals surface area contributed by atoms with Crippen molar-refractivity contribution < 1.29 is 0 Å². The number of rotatable bonds is 5. The van der Waals surface area contributed by atoms with Gasteiger partial charge in [-0.25, -0.2) is 4.98 Å². The molecule has 0 saturated carbocycles. The number of anilines is 1. The van der Waals surface area contributed by atoms with Crippen LogP contribution in [-0.2, 0) is 0 Å². The Labute approximate surface area is 304 Å². The topological polar surface area (TPSA) is 16.1 Å². The Hall–Kier alpha value is -6.71. The zero-order valence-electron chi connectivity index (χ0n) is 28.5. The molecule has 0 N–H and O–H groups in total. The second-order valence-electron chi connectivity index (χ2n) is 13.5. The number of hydrogen-bond acceptors (Lipinski definition) is 2. The first-order valence-corrected chi connectivity index (χ1v) is 17.9. The largest absolute Gasteiger partial charge is 0.382 e. The molecule has 0 spiro atoms. The van der Waals surface area contributed by atoms with Gasteiger partial charge in [0.25, 0.3) is 0 Å². The highest BCUT2D eigenvalue weighted by Gasteiger charge is 2.34. The van der Waals surface area contributed by atoms with Crippen molar-refractivity contribution in [2.45, 2.75) is 0 Å². The molecule has 0 bridgehead atoms. The van der Waals surface area contributed by atoms with Gasteiger partial charge in [-0.05, 0) is 85.7 Å². The average Bonchev–Trinajstić information content (AvgIpc) is 3.23. The van der Waals surface area contributed by atoms with Crippen LogP contribution in [0.2, 0.25) is 0 Å². The number of aromatic nitrogens is 1. The van der Waals surface area contributed by atoms with E-state index in [0.29, 0.717) is 0 Å². The quantitative estimate of drug-likeness (QED) is 0.171. The van der Waals surface area contributed by atoms with Crippen LogP contribution in [0.1, 0.15) is 5.56 Å². The SMILES string of the molecule is C1=CC(c2ccc(-c3cc(-c4ccccc4)cc(-c4ccccc4)n3)cc2-c2cccc3ccccc23)=CN2B1c1ccccc1-c1ccccc12. The van der Waals surface area contributed by atoms with Gasteiger partial charge < -0.3 is 4.81 Å². The van der Waals surface area contributed by atoms with Gasteiger partial charge in [-0.2, -0.15) is 0 Å². The zero-order valence-corrected chi connectivity index (χ0v) is 28.5. The van der Waals surface area contributed by atoms with Crippen LogP contribution in [0.25, 0.3) is 72.2 Å². The number of para-hydroxylation sites is 1. The standard InChI is InChI=1S/C49H33BN2/c1-3-14-34(15-4-1)39-31-47(36-17-5-2-6-18-36)51-48(32-39)37-26-27-41(45(30-37)42-23-13-19-35-16-7-8-20-40(35)42)38-28-29-50-46-24-11-9-21-43(46)44-22-10-12-25-49(44)52(50)33-38/h1-33H. The summed E-state index contributed by atoms with van der Waals surface area (Å²) in [6, 6.07) is 65.3. The number of allylic oxidation sites excluding steroid dienone is 2. The van der Waals surface area contributed by atoms with E-state index >= 15 is 0 Å². The predicted octanol–water partition coefficient (Wildman–Crippen LogP) is 11.7. The lowest BCUT2D eigenvalue weighted by atomic mass is 9.49. The van der Waals surface area contributed by atoms with Gasteiger partial charge in [-0.3, -0.25) is 0 Å². The minimum atomic E-state index is 0.136. The van der Waals surface area contributed by atoms with Crippen LogP contribution in [0.4, 0.5) is 5.69 Å². The number of hydrogen-bond donors (Lipinski definition) is 0. The van der Waals surface area contributed by atoms with Crippen molar-refractivity contribution >= 4 is 34.3 Å². The van der Waals surface area contributed by atoms with Crippen LogP contribution in [0, 0.1) is 0 Å². The van der Waals surface area contributed by atoms with Gasteiger partial charge in [0.1, 0.15) is 0 Å². The first-order valence-electron chi connectivity index (χ1n) is 17.9. The Balaban J connectivity index is 1.17. The third kappa shape index (κ3) is 5.18. The van der Waals surface area contributed by atoms with Crippen LogP contribution in [0.5, 0.6) is 0 Å². The summed E-state index contributed by atoms with van der Waals surface area (Å²) >= 11 is 0. The molecule has 2 aliphatic heterocycles. The maximum absolute atomic E-state index is 5.30. The van der Waals surface area contributed by atoms with Crippen molar-refractivity contribution in [3.8, 4) is 55.9 Å². The average molecular weight is 661 g/mol. The normalized spacial score (nSPS) is 13.0. The number of benzene rings is 7. The fourth-order valence-corrected chi connectivity index (χ4v) is 7.99. The molecule has 52 heavy (non-hydrogen) atoms. The van der Waals surface area contributed by atoms with Crippen LogP contribution < -0.4 is 10.3 Å². The van der Waals surface area contributed by atoms with Gasteiger partial charge >= 0.3 is 6.85 Å². The van der Waals surface area contributed by atoms with Crippen molar-refractivity contribution in [2.75, 3.05) is 4.81 Å². The number of pyridine rings is 1. The van der Waals surface area contributed by atoms with E-state index in [1.807, 2.05) is 0 Å². The monoisotopic (exact) mass is 660 g/mol. The van der Waals surface area contributed by atoms with Crippen molar-refractivity contribution in [1.82, 2.24) is 4.98 Å². The fraction of sp³-hybridized carbons (Fsp3) is 0. The van der Waals surface area contributed by atoms with E-state index < -0.39 is 0 Å². The third-order valence-electron chi connectivity index (χ3n) is 10.5. The molecule has 0 amide bonds. The first-order chi connectivity index (χ1) is 25.8. The molecule has 3 heteroatoms. The molecular formula is C49H33BN2.